The Morgan fingerprint density at radius 3 is 2.24 bits per heavy atom. The fraction of sp³-hybridized carbons (Fsp3) is 0.500. The third-order valence-electron chi connectivity index (χ3n) is 7.47. The van der Waals surface area contributed by atoms with Gasteiger partial charge in [0.05, 0.1) is 29.2 Å². The van der Waals surface area contributed by atoms with E-state index in [1.807, 2.05) is 24.3 Å². The van der Waals surface area contributed by atoms with Crippen LogP contribution in [0.25, 0.3) is 0 Å². The fourth-order valence-electron chi connectivity index (χ4n) is 5.18. The first-order chi connectivity index (χ1) is 19.4. The zero-order chi connectivity index (χ0) is 29.8. The van der Waals surface area contributed by atoms with Crippen molar-refractivity contribution in [2.24, 2.45) is 0 Å². The van der Waals surface area contributed by atoms with Crippen LogP contribution in [0.2, 0.25) is 0 Å². The van der Waals surface area contributed by atoms with E-state index in [0.717, 1.165) is 30.0 Å². The van der Waals surface area contributed by atoms with E-state index >= 15 is 0 Å². The highest BCUT2D eigenvalue weighted by Gasteiger charge is 2.49. The van der Waals surface area contributed by atoms with Crippen LogP contribution < -0.4 is 15.0 Å². The molecule has 1 unspecified atom stereocenters. The van der Waals surface area contributed by atoms with Crippen LogP contribution in [0.5, 0.6) is 5.75 Å². The van der Waals surface area contributed by atoms with E-state index in [4.69, 9.17) is 4.74 Å². The average Bonchev–Trinajstić information content (AvgIpc) is 2.97. The number of piperidine rings is 1. The lowest BCUT2D eigenvalue weighted by Gasteiger charge is -2.45. The summed E-state index contributed by atoms with van der Waals surface area (Å²) < 4.78 is 72.2. The molecule has 2 aliphatic rings. The van der Waals surface area contributed by atoms with Gasteiger partial charge in [0.25, 0.3) is 5.91 Å². The molecule has 0 bridgehead atoms. The number of hydrogen-bond donors (Lipinski definition) is 1. The van der Waals surface area contributed by atoms with Gasteiger partial charge in [0.2, 0.25) is 21.5 Å². The second-order valence-electron chi connectivity index (χ2n) is 10.2. The van der Waals surface area contributed by atoms with Crippen LogP contribution >= 0.6 is 0 Å². The Balaban J connectivity index is 1.56. The molecule has 224 valence electrons. The quantitative estimate of drug-likeness (QED) is 0.496. The predicted molar refractivity (Wildman–Crippen MR) is 149 cm³/mol. The van der Waals surface area contributed by atoms with E-state index in [9.17, 15) is 31.2 Å². The smallest absolute Gasteiger partial charge is 0.416 e. The van der Waals surface area contributed by atoms with Gasteiger partial charge in [0.1, 0.15) is 5.75 Å². The molecule has 4 rings (SSSR count). The van der Waals surface area contributed by atoms with Gasteiger partial charge < -0.3 is 19.9 Å². The van der Waals surface area contributed by atoms with Crippen LogP contribution in [0, 0.1) is 0 Å². The van der Waals surface area contributed by atoms with Crippen molar-refractivity contribution in [1.29, 1.82) is 0 Å². The zero-order valence-corrected chi connectivity index (χ0v) is 23.9. The van der Waals surface area contributed by atoms with E-state index < -0.39 is 33.3 Å². The number of amides is 2. The van der Waals surface area contributed by atoms with Gasteiger partial charge in [-0.15, -0.1) is 0 Å². The van der Waals surface area contributed by atoms with Crippen LogP contribution in [0.4, 0.5) is 24.5 Å². The minimum atomic E-state index is -4.53. The predicted octanol–water partition coefficient (Wildman–Crippen LogP) is 3.97. The van der Waals surface area contributed by atoms with Crippen LogP contribution in [-0.2, 0) is 25.8 Å². The Bertz CT molecular complexity index is 1350. The maximum absolute atomic E-state index is 14.1. The first-order valence-corrected chi connectivity index (χ1v) is 15.3. The maximum atomic E-state index is 14.1. The van der Waals surface area contributed by atoms with E-state index in [1.54, 1.807) is 11.8 Å². The van der Waals surface area contributed by atoms with Crippen molar-refractivity contribution in [1.82, 2.24) is 9.21 Å². The molecule has 2 aromatic rings. The van der Waals surface area contributed by atoms with Crippen LogP contribution in [-0.4, -0.2) is 80.1 Å². The Morgan fingerprint density at radius 2 is 1.63 bits per heavy atom. The highest BCUT2D eigenvalue weighted by molar-refractivity contribution is 7.89. The molecular formula is C28H35F3N4O5S. The van der Waals surface area contributed by atoms with Gasteiger partial charge in [-0.1, -0.05) is 19.1 Å². The number of rotatable bonds is 8. The molecule has 41 heavy (non-hydrogen) atoms. The van der Waals surface area contributed by atoms with Crippen molar-refractivity contribution in [3.8, 4) is 5.75 Å². The molecule has 0 aromatic heterocycles. The largest absolute Gasteiger partial charge is 0.476 e. The number of nitrogens with one attached hydrogen (secondary N) is 1. The number of halogens is 3. The number of ether oxygens (including phenoxy) is 1. The van der Waals surface area contributed by atoms with E-state index in [0.29, 0.717) is 44.7 Å². The normalized spacial score (nSPS) is 20.5. The standard InChI is InChI=1S/C28H35F3N4O5S/c1-3-25(36)32-23-8-5-6-9-24(23)33-16-18-34(19-17-33)26(37)27(14-7-15-35(20-27)41(38,39)4-2)40-22-12-10-21(11-13-22)28(29,30)31/h5-6,8-13H,3-4,7,14-20H2,1-2H3,(H,32,36). The molecule has 0 saturated carbocycles. The van der Waals surface area contributed by atoms with Crippen molar-refractivity contribution in [3.63, 3.8) is 0 Å². The summed E-state index contributed by atoms with van der Waals surface area (Å²) in [7, 11) is -3.65. The van der Waals surface area contributed by atoms with Crippen molar-refractivity contribution >= 4 is 33.2 Å². The summed E-state index contributed by atoms with van der Waals surface area (Å²) >= 11 is 0. The highest BCUT2D eigenvalue weighted by atomic mass is 32.2. The molecule has 13 heteroatoms. The topological polar surface area (TPSA) is 99.3 Å². The lowest BCUT2D eigenvalue weighted by atomic mass is 9.91. The summed E-state index contributed by atoms with van der Waals surface area (Å²) in [6.07, 6.45) is -3.62. The number of para-hydroxylation sites is 2. The molecule has 2 amide bonds. The number of carbonyl (C=O) groups excluding carboxylic acids is 2. The average molecular weight is 597 g/mol. The first kappa shape index (κ1) is 30.6. The summed E-state index contributed by atoms with van der Waals surface area (Å²) in [4.78, 5) is 29.8. The van der Waals surface area contributed by atoms with E-state index in [-0.39, 0.29) is 36.9 Å². The van der Waals surface area contributed by atoms with Gasteiger partial charge in [-0.3, -0.25) is 9.59 Å². The maximum Gasteiger partial charge on any atom is 0.416 e. The molecular weight excluding hydrogens is 561 g/mol. The Hall–Kier alpha value is -3.32. The molecule has 2 aliphatic heterocycles. The number of hydrogen-bond acceptors (Lipinski definition) is 6. The van der Waals surface area contributed by atoms with E-state index in [1.165, 1.54) is 11.2 Å². The Labute approximate surface area is 238 Å². The highest BCUT2D eigenvalue weighted by Crippen LogP contribution is 2.35. The summed E-state index contributed by atoms with van der Waals surface area (Å²) in [5, 5.41) is 2.90. The summed E-state index contributed by atoms with van der Waals surface area (Å²) in [6, 6.07) is 11.5. The molecule has 0 spiro atoms. The fourth-order valence-corrected chi connectivity index (χ4v) is 6.35. The van der Waals surface area contributed by atoms with Gasteiger partial charge in [-0.25, -0.2) is 8.42 Å². The Morgan fingerprint density at radius 1 is 0.976 bits per heavy atom. The monoisotopic (exact) mass is 596 g/mol. The zero-order valence-electron chi connectivity index (χ0n) is 23.1. The van der Waals surface area contributed by atoms with Crippen molar-refractivity contribution in [3.05, 3.63) is 54.1 Å². The minimum absolute atomic E-state index is 0.0568. The van der Waals surface area contributed by atoms with Crippen molar-refractivity contribution in [2.75, 3.05) is 55.2 Å². The molecule has 0 radical (unpaired) electrons. The molecule has 0 aliphatic carbocycles. The SMILES string of the molecule is CCC(=O)Nc1ccccc1N1CCN(C(=O)C2(Oc3ccc(C(F)(F)F)cc3)CCCN(S(=O)(=O)CC)C2)CC1. The van der Waals surface area contributed by atoms with Gasteiger partial charge in [0.15, 0.2) is 0 Å². The van der Waals surface area contributed by atoms with Gasteiger partial charge >= 0.3 is 6.18 Å². The summed E-state index contributed by atoms with van der Waals surface area (Å²) in [6.45, 7) is 4.83. The second kappa shape index (κ2) is 12.3. The molecule has 1 N–H and O–H groups in total. The molecule has 2 saturated heterocycles. The number of sulfonamides is 1. The lowest BCUT2D eigenvalue weighted by Crippen LogP contribution is -2.64. The molecule has 9 nitrogen and oxygen atoms in total. The Kier molecular flexibility index (Phi) is 9.17. The molecule has 2 heterocycles. The van der Waals surface area contributed by atoms with Crippen molar-refractivity contribution < 1.29 is 35.9 Å². The van der Waals surface area contributed by atoms with Gasteiger partial charge in [-0.2, -0.15) is 17.5 Å². The number of piperazine rings is 1. The number of anilines is 2. The third-order valence-corrected chi connectivity index (χ3v) is 9.30. The third kappa shape index (κ3) is 6.95. The lowest BCUT2D eigenvalue weighted by molar-refractivity contribution is -0.152. The first-order valence-electron chi connectivity index (χ1n) is 13.7. The second-order valence-corrected chi connectivity index (χ2v) is 12.4. The van der Waals surface area contributed by atoms with Crippen LogP contribution in [0.1, 0.15) is 38.7 Å². The number of alkyl halides is 3. The van der Waals surface area contributed by atoms with Gasteiger partial charge in [-0.05, 0) is 56.2 Å². The van der Waals surface area contributed by atoms with E-state index in [2.05, 4.69) is 10.2 Å². The summed E-state index contributed by atoms with van der Waals surface area (Å²) in [5.74, 6) is -0.607. The number of benzene rings is 2. The number of carbonyl (C=O) groups is 2. The van der Waals surface area contributed by atoms with Gasteiger partial charge in [0, 0.05) is 39.1 Å². The molecule has 2 aromatic carbocycles. The van der Waals surface area contributed by atoms with Crippen LogP contribution in [0.3, 0.4) is 0 Å². The molecule has 1 atom stereocenters. The summed E-state index contributed by atoms with van der Waals surface area (Å²) in [5.41, 5.74) is -0.936. The van der Waals surface area contributed by atoms with Crippen molar-refractivity contribution in [2.45, 2.75) is 44.9 Å². The minimum Gasteiger partial charge on any atom is -0.476 e. The number of nitrogens with zero attached hydrogens (tertiary/aromatic N) is 3. The van der Waals surface area contributed by atoms with Crippen LogP contribution in [0.15, 0.2) is 48.5 Å². The molecule has 2 fully saturated rings.